The quantitative estimate of drug-likeness (QED) is 0.469. The van der Waals surface area contributed by atoms with E-state index in [0.29, 0.717) is 18.0 Å². The standard InChI is InChI=1S/C19H22N8S/c1-2-10-26-17(16-4-8-20-9-5-16)23-27(19(26)28)15-24-11-13-25(14-12-24)18-21-6-3-7-22-18/h2-9H,1,10-15H2. The number of piperazine rings is 1. The lowest BCUT2D eigenvalue weighted by Crippen LogP contribution is -2.47. The highest BCUT2D eigenvalue weighted by atomic mass is 32.1. The number of pyridine rings is 1. The lowest BCUT2D eigenvalue weighted by molar-refractivity contribution is 0.193. The molecule has 0 aromatic carbocycles. The van der Waals surface area contributed by atoms with Gasteiger partial charge in [-0.1, -0.05) is 6.08 Å². The predicted octanol–water partition coefficient (Wildman–Crippen LogP) is 2.23. The Hall–Kier alpha value is -2.91. The monoisotopic (exact) mass is 394 g/mol. The topological polar surface area (TPSA) is 67.9 Å². The van der Waals surface area contributed by atoms with Gasteiger partial charge in [-0.05, 0) is 30.4 Å². The van der Waals surface area contributed by atoms with E-state index >= 15 is 0 Å². The van der Waals surface area contributed by atoms with Crippen molar-refractivity contribution in [2.75, 3.05) is 31.1 Å². The van der Waals surface area contributed by atoms with Crippen molar-refractivity contribution >= 4 is 18.2 Å². The summed E-state index contributed by atoms with van der Waals surface area (Å²) in [7, 11) is 0. The fourth-order valence-electron chi connectivity index (χ4n) is 3.27. The largest absolute Gasteiger partial charge is 0.338 e. The smallest absolute Gasteiger partial charge is 0.225 e. The fraction of sp³-hybridized carbons (Fsp3) is 0.316. The summed E-state index contributed by atoms with van der Waals surface area (Å²) in [6.45, 7) is 8.68. The maximum absolute atomic E-state index is 5.69. The second-order valence-corrected chi connectivity index (χ2v) is 6.90. The summed E-state index contributed by atoms with van der Waals surface area (Å²) < 4.78 is 4.59. The third-order valence-corrected chi connectivity index (χ3v) is 5.15. The number of hydrogen-bond donors (Lipinski definition) is 0. The van der Waals surface area contributed by atoms with Crippen LogP contribution in [0, 0.1) is 4.77 Å². The minimum absolute atomic E-state index is 0.621. The Morgan fingerprint density at radius 2 is 1.75 bits per heavy atom. The maximum atomic E-state index is 5.69. The molecule has 28 heavy (non-hydrogen) atoms. The summed E-state index contributed by atoms with van der Waals surface area (Å²) in [5.41, 5.74) is 0.993. The molecule has 0 saturated carbocycles. The van der Waals surface area contributed by atoms with Gasteiger partial charge in [-0.2, -0.15) is 5.10 Å². The van der Waals surface area contributed by atoms with Crippen LogP contribution in [0.5, 0.6) is 0 Å². The molecule has 0 bridgehead atoms. The molecule has 3 aromatic rings. The first kappa shape index (κ1) is 18.5. The molecule has 1 aliphatic heterocycles. The molecule has 0 N–H and O–H groups in total. The first-order valence-corrected chi connectivity index (χ1v) is 9.60. The second kappa shape index (κ2) is 8.41. The third kappa shape index (κ3) is 3.85. The molecule has 1 fully saturated rings. The van der Waals surface area contributed by atoms with Crippen molar-refractivity contribution in [2.24, 2.45) is 0 Å². The van der Waals surface area contributed by atoms with Gasteiger partial charge < -0.3 is 4.90 Å². The third-order valence-electron chi connectivity index (χ3n) is 4.71. The minimum atomic E-state index is 0.621. The van der Waals surface area contributed by atoms with Crippen molar-refractivity contribution in [1.82, 2.24) is 34.2 Å². The van der Waals surface area contributed by atoms with E-state index in [2.05, 4.69) is 31.3 Å². The van der Waals surface area contributed by atoms with Crippen LogP contribution in [0.2, 0.25) is 0 Å². The van der Waals surface area contributed by atoms with Crippen molar-refractivity contribution in [3.63, 3.8) is 0 Å². The van der Waals surface area contributed by atoms with E-state index in [4.69, 9.17) is 17.3 Å². The van der Waals surface area contributed by atoms with Gasteiger partial charge in [-0.15, -0.1) is 6.58 Å². The SMILES string of the molecule is C=CCn1c(-c2ccncc2)nn(CN2CCN(c3ncccn3)CC2)c1=S. The van der Waals surface area contributed by atoms with E-state index in [1.165, 1.54) is 0 Å². The van der Waals surface area contributed by atoms with Gasteiger partial charge in [-0.25, -0.2) is 14.6 Å². The summed E-state index contributed by atoms with van der Waals surface area (Å²) in [4.78, 5) is 17.3. The molecule has 4 heterocycles. The van der Waals surface area contributed by atoms with E-state index in [1.807, 2.05) is 33.5 Å². The summed E-state index contributed by atoms with van der Waals surface area (Å²) >= 11 is 5.69. The number of anilines is 1. The van der Waals surface area contributed by atoms with E-state index in [0.717, 1.165) is 43.5 Å². The maximum Gasteiger partial charge on any atom is 0.225 e. The van der Waals surface area contributed by atoms with Crippen molar-refractivity contribution in [3.05, 3.63) is 60.4 Å². The van der Waals surface area contributed by atoms with Crippen LogP contribution >= 0.6 is 12.2 Å². The molecule has 4 rings (SSSR count). The van der Waals surface area contributed by atoms with Crippen LogP contribution in [-0.4, -0.2) is 60.4 Å². The molecule has 0 aliphatic carbocycles. The molecule has 0 atom stereocenters. The Labute approximate surface area is 168 Å². The van der Waals surface area contributed by atoms with Crippen molar-refractivity contribution in [3.8, 4) is 11.4 Å². The van der Waals surface area contributed by atoms with Crippen molar-refractivity contribution < 1.29 is 0 Å². The zero-order valence-electron chi connectivity index (χ0n) is 15.6. The van der Waals surface area contributed by atoms with Gasteiger partial charge in [0, 0.05) is 63.1 Å². The van der Waals surface area contributed by atoms with E-state index < -0.39 is 0 Å². The Morgan fingerprint density at radius 1 is 1.04 bits per heavy atom. The summed E-state index contributed by atoms with van der Waals surface area (Å²) in [6, 6.07) is 5.72. The van der Waals surface area contributed by atoms with Crippen molar-refractivity contribution in [1.29, 1.82) is 0 Å². The van der Waals surface area contributed by atoms with Gasteiger partial charge in [-0.3, -0.25) is 14.5 Å². The first-order chi connectivity index (χ1) is 13.8. The average Bonchev–Trinajstić information content (AvgIpc) is 3.06. The Balaban J connectivity index is 1.50. The lowest BCUT2D eigenvalue weighted by Gasteiger charge is -2.34. The molecule has 9 heteroatoms. The highest BCUT2D eigenvalue weighted by Gasteiger charge is 2.20. The Kier molecular flexibility index (Phi) is 5.54. The molecule has 0 unspecified atom stereocenters. The fourth-order valence-corrected chi connectivity index (χ4v) is 3.53. The highest BCUT2D eigenvalue weighted by molar-refractivity contribution is 7.71. The van der Waals surface area contributed by atoms with Crippen LogP contribution in [0.25, 0.3) is 11.4 Å². The number of rotatable bonds is 6. The van der Waals surface area contributed by atoms with Gasteiger partial charge in [0.2, 0.25) is 5.95 Å². The predicted molar refractivity (Wildman–Crippen MR) is 110 cm³/mol. The minimum Gasteiger partial charge on any atom is -0.338 e. The summed E-state index contributed by atoms with van der Waals surface area (Å²) in [5.74, 6) is 1.62. The molecule has 1 aliphatic rings. The number of hydrogen-bond acceptors (Lipinski definition) is 7. The number of allylic oxidation sites excluding steroid dienone is 1. The molecule has 0 radical (unpaired) electrons. The van der Waals surface area contributed by atoms with E-state index in [1.54, 1.807) is 24.8 Å². The van der Waals surface area contributed by atoms with Gasteiger partial charge >= 0.3 is 0 Å². The molecule has 3 aromatic heterocycles. The van der Waals surface area contributed by atoms with Gasteiger partial charge in [0.05, 0.1) is 6.67 Å². The van der Waals surface area contributed by atoms with Crippen LogP contribution in [0.4, 0.5) is 5.95 Å². The highest BCUT2D eigenvalue weighted by Crippen LogP contribution is 2.18. The molecular weight excluding hydrogens is 372 g/mol. The van der Waals surface area contributed by atoms with Crippen LogP contribution in [0.3, 0.4) is 0 Å². The van der Waals surface area contributed by atoms with Gasteiger partial charge in [0.1, 0.15) is 0 Å². The normalized spacial score (nSPS) is 14.9. The lowest BCUT2D eigenvalue weighted by atomic mass is 10.2. The van der Waals surface area contributed by atoms with Crippen LogP contribution in [0.1, 0.15) is 0 Å². The van der Waals surface area contributed by atoms with E-state index in [9.17, 15) is 0 Å². The zero-order chi connectivity index (χ0) is 19.3. The summed E-state index contributed by atoms with van der Waals surface area (Å²) in [5, 5.41) is 4.79. The zero-order valence-corrected chi connectivity index (χ0v) is 16.4. The second-order valence-electron chi connectivity index (χ2n) is 6.54. The number of aromatic nitrogens is 6. The molecule has 8 nitrogen and oxygen atoms in total. The summed E-state index contributed by atoms with van der Waals surface area (Å²) in [6.07, 6.45) is 8.92. The molecule has 1 saturated heterocycles. The molecule has 0 spiro atoms. The van der Waals surface area contributed by atoms with E-state index in [-0.39, 0.29) is 0 Å². The average molecular weight is 395 g/mol. The van der Waals surface area contributed by atoms with Crippen LogP contribution in [-0.2, 0) is 13.2 Å². The molecule has 144 valence electrons. The van der Waals surface area contributed by atoms with Gasteiger partial charge in [0.15, 0.2) is 10.6 Å². The Bertz CT molecular complexity index is 974. The Morgan fingerprint density at radius 3 is 2.43 bits per heavy atom. The molecular formula is C19H22N8S. The van der Waals surface area contributed by atoms with Crippen LogP contribution in [0.15, 0.2) is 55.6 Å². The first-order valence-electron chi connectivity index (χ1n) is 9.19. The van der Waals surface area contributed by atoms with Crippen molar-refractivity contribution in [2.45, 2.75) is 13.2 Å². The molecule has 0 amide bonds. The number of nitrogens with zero attached hydrogens (tertiary/aromatic N) is 8. The van der Waals surface area contributed by atoms with Crippen LogP contribution < -0.4 is 4.90 Å². The van der Waals surface area contributed by atoms with Gasteiger partial charge in [0.25, 0.3) is 0 Å².